The monoisotopic (exact) mass is 249 g/mol. The molecule has 4 nitrogen and oxygen atoms in total. The second kappa shape index (κ2) is 6.57. The van der Waals surface area contributed by atoms with Crippen molar-refractivity contribution in [2.24, 2.45) is 5.92 Å². The highest BCUT2D eigenvalue weighted by Crippen LogP contribution is 2.14. The summed E-state index contributed by atoms with van der Waals surface area (Å²) in [5.74, 6) is 1.08. The van der Waals surface area contributed by atoms with Crippen molar-refractivity contribution in [2.75, 3.05) is 24.7 Å². The topological polar surface area (TPSA) is 66.4 Å². The molecule has 2 unspecified atom stereocenters. The quantitative estimate of drug-likeness (QED) is 0.692. The molecular formula is C11H23NO3S. The van der Waals surface area contributed by atoms with E-state index in [1.165, 1.54) is 0 Å². The highest BCUT2D eigenvalue weighted by atomic mass is 32.2. The summed E-state index contributed by atoms with van der Waals surface area (Å²) in [5, 5.41) is 12.2. The molecule has 1 aliphatic heterocycles. The maximum absolute atomic E-state index is 11.3. The molecule has 1 saturated heterocycles. The average Bonchev–Trinajstić information content (AvgIpc) is 2.55. The minimum atomic E-state index is -2.78. The fraction of sp³-hybridized carbons (Fsp3) is 1.00. The first-order valence-corrected chi connectivity index (χ1v) is 7.94. The predicted molar refractivity (Wildman–Crippen MR) is 65.2 cm³/mol. The van der Waals surface area contributed by atoms with Crippen molar-refractivity contribution in [1.29, 1.82) is 0 Å². The molecule has 1 fully saturated rings. The molecular weight excluding hydrogens is 226 g/mol. The Bertz CT molecular complexity index is 284. The summed E-state index contributed by atoms with van der Waals surface area (Å²) in [6.45, 7) is 3.17. The van der Waals surface area contributed by atoms with Crippen molar-refractivity contribution in [1.82, 2.24) is 5.32 Å². The number of hydrogen-bond donors (Lipinski definition) is 2. The van der Waals surface area contributed by atoms with Crippen molar-refractivity contribution in [3.05, 3.63) is 0 Å². The van der Waals surface area contributed by atoms with Crippen LogP contribution in [0, 0.1) is 5.92 Å². The van der Waals surface area contributed by atoms with Crippen LogP contribution in [-0.2, 0) is 9.84 Å². The van der Waals surface area contributed by atoms with Crippen LogP contribution in [0.2, 0.25) is 0 Å². The van der Waals surface area contributed by atoms with Gasteiger partial charge in [0.05, 0.1) is 11.5 Å². The Morgan fingerprint density at radius 1 is 1.44 bits per heavy atom. The Morgan fingerprint density at radius 3 is 2.69 bits per heavy atom. The van der Waals surface area contributed by atoms with E-state index in [0.717, 1.165) is 32.2 Å². The van der Waals surface area contributed by atoms with Gasteiger partial charge in [0.15, 0.2) is 9.84 Å². The molecule has 0 aliphatic carbocycles. The minimum absolute atomic E-state index is 0.128. The van der Waals surface area contributed by atoms with Gasteiger partial charge in [-0.2, -0.15) is 0 Å². The van der Waals surface area contributed by atoms with Gasteiger partial charge in [-0.25, -0.2) is 8.42 Å². The van der Waals surface area contributed by atoms with E-state index in [1.807, 2.05) is 0 Å². The van der Waals surface area contributed by atoms with E-state index in [4.69, 9.17) is 5.11 Å². The van der Waals surface area contributed by atoms with Crippen LogP contribution in [0.5, 0.6) is 0 Å². The molecule has 0 spiro atoms. The summed E-state index contributed by atoms with van der Waals surface area (Å²) >= 11 is 0. The van der Waals surface area contributed by atoms with Crippen LogP contribution < -0.4 is 5.32 Å². The fourth-order valence-corrected chi connectivity index (χ4v) is 3.94. The maximum atomic E-state index is 11.3. The summed E-state index contributed by atoms with van der Waals surface area (Å²) in [7, 11) is -2.78. The van der Waals surface area contributed by atoms with Gasteiger partial charge in [-0.1, -0.05) is 13.3 Å². The molecule has 2 atom stereocenters. The summed E-state index contributed by atoms with van der Waals surface area (Å²) < 4.78 is 22.5. The third kappa shape index (κ3) is 4.80. The molecule has 5 heteroatoms. The largest absolute Gasteiger partial charge is 0.396 e. The zero-order valence-corrected chi connectivity index (χ0v) is 10.8. The van der Waals surface area contributed by atoms with Gasteiger partial charge in [-0.3, -0.25) is 0 Å². The van der Waals surface area contributed by atoms with Crippen LogP contribution in [0.3, 0.4) is 0 Å². The van der Waals surface area contributed by atoms with Crippen molar-refractivity contribution in [3.8, 4) is 0 Å². The number of aliphatic hydroxyl groups is 1. The lowest BCUT2D eigenvalue weighted by Crippen LogP contribution is -2.34. The van der Waals surface area contributed by atoms with Gasteiger partial charge in [0.2, 0.25) is 0 Å². The second-order valence-electron chi connectivity index (χ2n) is 4.68. The third-order valence-electron chi connectivity index (χ3n) is 3.16. The van der Waals surface area contributed by atoms with Crippen molar-refractivity contribution < 1.29 is 13.5 Å². The van der Waals surface area contributed by atoms with E-state index in [1.54, 1.807) is 0 Å². The molecule has 0 aromatic carbocycles. The van der Waals surface area contributed by atoms with Gasteiger partial charge in [0.25, 0.3) is 0 Å². The summed E-state index contributed by atoms with van der Waals surface area (Å²) in [6, 6.07) is 0.128. The van der Waals surface area contributed by atoms with Crippen LogP contribution in [0.4, 0.5) is 0 Å². The van der Waals surface area contributed by atoms with Crippen molar-refractivity contribution >= 4 is 9.84 Å². The van der Waals surface area contributed by atoms with E-state index >= 15 is 0 Å². The summed E-state index contributed by atoms with van der Waals surface area (Å²) in [5.41, 5.74) is 0. The predicted octanol–water partition coefficient (Wildman–Crippen LogP) is 0.562. The van der Waals surface area contributed by atoms with Crippen LogP contribution in [0.25, 0.3) is 0 Å². The Morgan fingerprint density at radius 2 is 2.19 bits per heavy atom. The molecule has 1 heterocycles. The molecule has 0 bridgehead atoms. The molecule has 0 saturated carbocycles. The van der Waals surface area contributed by atoms with Gasteiger partial charge in [0, 0.05) is 12.6 Å². The fourth-order valence-electron chi connectivity index (χ4n) is 2.23. The maximum Gasteiger partial charge on any atom is 0.151 e. The van der Waals surface area contributed by atoms with E-state index in [-0.39, 0.29) is 18.4 Å². The SMILES string of the molecule is CCCC(CCO)CNC1CCS(=O)(=O)C1. The molecule has 0 aromatic heterocycles. The lowest BCUT2D eigenvalue weighted by Gasteiger charge is -2.18. The molecule has 0 amide bonds. The Labute approximate surface area is 98.4 Å². The lowest BCUT2D eigenvalue weighted by atomic mass is 10.00. The smallest absolute Gasteiger partial charge is 0.151 e. The van der Waals surface area contributed by atoms with Gasteiger partial charge < -0.3 is 10.4 Å². The number of hydrogen-bond acceptors (Lipinski definition) is 4. The Kier molecular flexibility index (Phi) is 5.72. The molecule has 16 heavy (non-hydrogen) atoms. The molecule has 2 N–H and O–H groups in total. The number of sulfone groups is 1. The number of nitrogens with one attached hydrogen (secondary N) is 1. The minimum Gasteiger partial charge on any atom is -0.396 e. The van der Waals surface area contributed by atoms with E-state index < -0.39 is 9.84 Å². The second-order valence-corrected chi connectivity index (χ2v) is 6.90. The van der Waals surface area contributed by atoms with Gasteiger partial charge in [-0.05, 0) is 31.7 Å². The van der Waals surface area contributed by atoms with Crippen LogP contribution in [0.1, 0.15) is 32.6 Å². The number of aliphatic hydroxyl groups excluding tert-OH is 1. The number of rotatable bonds is 7. The van der Waals surface area contributed by atoms with Gasteiger partial charge in [-0.15, -0.1) is 0 Å². The Balaban J connectivity index is 2.27. The highest BCUT2D eigenvalue weighted by molar-refractivity contribution is 7.91. The van der Waals surface area contributed by atoms with Crippen LogP contribution in [-0.4, -0.2) is 44.2 Å². The zero-order valence-electron chi connectivity index (χ0n) is 9.98. The van der Waals surface area contributed by atoms with E-state index in [0.29, 0.717) is 11.7 Å². The first kappa shape index (κ1) is 13.9. The van der Waals surface area contributed by atoms with Crippen molar-refractivity contribution in [2.45, 2.75) is 38.6 Å². The van der Waals surface area contributed by atoms with Crippen LogP contribution >= 0.6 is 0 Å². The molecule has 0 aromatic rings. The molecule has 1 rings (SSSR count). The van der Waals surface area contributed by atoms with Crippen LogP contribution in [0.15, 0.2) is 0 Å². The normalized spacial score (nSPS) is 25.8. The average molecular weight is 249 g/mol. The highest BCUT2D eigenvalue weighted by Gasteiger charge is 2.27. The van der Waals surface area contributed by atoms with E-state index in [2.05, 4.69) is 12.2 Å². The lowest BCUT2D eigenvalue weighted by molar-refractivity contribution is 0.246. The first-order valence-electron chi connectivity index (χ1n) is 6.12. The zero-order chi connectivity index (χ0) is 12.0. The molecule has 1 aliphatic rings. The third-order valence-corrected chi connectivity index (χ3v) is 4.93. The molecule has 96 valence electrons. The standard InChI is InChI=1S/C11H23NO3S/c1-2-3-10(4-6-13)8-12-11-5-7-16(14,15)9-11/h10-13H,2-9H2,1H3. The first-order chi connectivity index (χ1) is 7.57. The summed E-state index contributed by atoms with van der Waals surface area (Å²) in [6.07, 6.45) is 3.74. The van der Waals surface area contributed by atoms with Gasteiger partial charge >= 0.3 is 0 Å². The molecule has 0 radical (unpaired) electrons. The summed E-state index contributed by atoms with van der Waals surface area (Å²) in [4.78, 5) is 0. The Hall–Kier alpha value is -0.130. The van der Waals surface area contributed by atoms with Crippen molar-refractivity contribution in [3.63, 3.8) is 0 Å². The van der Waals surface area contributed by atoms with E-state index in [9.17, 15) is 8.42 Å². The van der Waals surface area contributed by atoms with Gasteiger partial charge in [0.1, 0.15) is 0 Å².